The summed E-state index contributed by atoms with van der Waals surface area (Å²) in [6, 6.07) is 8.32. The molecule has 2 nitrogen and oxygen atoms in total. The molecule has 4 rings (SSSR count). The summed E-state index contributed by atoms with van der Waals surface area (Å²) in [7, 11) is 0. The predicted molar refractivity (Wildman–Crippen MR) is 81.9 cm³/mol. The topological polar surface area (TPSA) is 25.8 Å². The SMILES string of the molecule is c1csc(-c2nc3sc(-c4cccs4)nc3s2)c1. The lowest BCUT2D eigenvalue weighted by molar-refractivity contribution is 1.51. The second kappa shape index (κ2) is 4.24. The van der Waals surface area contributed by atoms with Crippen molar-refractivity contribution >= 4 is 55.0 Å². The second-order valence-electron chi connectivity index (χ2n) is 3.60. The van der Waals surface area contributed by atoms with Gasteiger partial charge in [-0.25, -0.2) is 9.97 Å². The van der Waals surface area contributed by atoms with Crippen LogP contribution in [0, 0.1) is 0 Å². The highest BCUT2D eigenvalue weighted by molar-refractivity contribution is 7.31. The molecule has 6 heteroatoms. The second-order valence-corrected chi connectivity index (χ2v) is 7.45. The van der Waals surface area contributed by atoms with Crippen molar-refractivity contribution in [1.29, 1.82) is 0 Å². The highest BCUT2D eigenvalue weighted by Gasteiger charge is 2.13. The van der Waals surface area contributed by atoms with Gasteiger partial charge >= 0.3 is 0 Å². The zero-order valence-corrected chi connectivity index (χ0v) is 12.3. The molecule has 0 unspecified atom stereocenters. The van der Waals surface area contributed by atoms with Gasteiger partial charge in [-0.1, -0.05) is 34.8 Å². The van der Waals surface area contributed by atoms with Crippen LogP contribution in [0.1, 0.15) is 0 Å². The molecule has 4 aromatic rings. The minimum absolute atomic E-state index is 1.05. The van der Waals surface area contributed by atoms with E-state index < -0.39 is 0 Å². The first-order valence-corrected chi connectivity index (χ1v) is 8.64. The molecule has 0 atom stereocenters. The molecule has 0 aliphatic rings. The minimum Gasteiger partial charge on any atom is -0.222 e. The monoisotopic (exact) mass is 306 g/mol. The minimum atomic E-state index is 1.05. The van der Waals surface area contributed by atoms with Gasteiger partial charge in [0.15, 0.2) is 9.66 Å². The highest BCUT2D eigenvalue weighted by atomic mass is 32.1. The summed E-state index contributed by atoms with van der Waals surface area (Å²) in [4.78, 5) is 13.9. The average Bonchev–Trinajstić information content (AvgIpc) is 3.13. The molecule has 88 valence electrons. The van der Waals surface area contributed by atoms with Crippen molar-refractivity contribution in [3.05, 3.63) is 35.0 Å². The molecule has 4 aromatic heterocycles. The molecule has 4 heterocycles. The van der Waals surface area contributed by atoms with E-state index in [1.165, 1.54) is 9.75 Å². The van der Waals surface area contributed by atoms with Crippen molar-refractivity contribution in [2.75, 3.05) is 0 Å². The molecule has 0 aromatic carbocycles. The van der Waals surface area contributed by atoms with Gasteiger partial charge in [0.05, 0.1) is 9.75 Å². The third-order valence-corrected chi connectivity index (χ3v) is 6.55. The van der Waals surface area contributed by atoms with Gasteiger partial charge in [-0.05, 0) is 22.9 Å². The molecular formula is C12H6N2S4. The lowest BCUT2D eigenvalue weighted by atomic mass is 10.5. The zero-order valence-electron chi connectivity index (χ0n) is 8.99. The van der Waals surface area contributed by atoms with Gasteiger partial charge in [0.1, 0.15) is 10.0 Å². The van der Waals surface area contributed by atoms with Gasteiger partial charge in [0.25, 0.3) is 0 Å². The molecule has 0 saturated heterocycles. The van der Waals surface area contributed by atoms with E-state index in [2.05, 4.69) is 45.0 Å². The number of rotatable bonds is 2. The first kappa shape index (κ1) is 10.8. The first-order chi connectivity index (χ1) is 8.90. The summed E-state index contributed by atoms with van der Waals surface area (Å²) in [6.07, 6.45) is 0. The van der Waals surface area contributed by atoms with E-state index in [0.717, 1.165) is 19.7 Å². The largest absolute Gasteiger partial charge is 0.222 e. The van der Waals surface area contributed by atoms with Crippen molar-refractivity contribution in [2.45, 2.75) is 0 Å². The summed E-state index contributed by atoms with van der Waals surface area (Å²) in [5, 5.41) is 6.32. The maximum Gasteiger partial charge on any atom is 0.155 e. The smallest absolute Gasteiger partial charge is 0.155 e. The molecule has 0 aliphatic heterocycles. The van der Waals surface area contributed by atoms with E-state index >= 15 is 0 Å². The Bertz CT molecular complexity index is 682. The van der Waals surface area contributed by atoms with Crippen LogP contribution in [-0.4, -0.2) is 9.97 Å². The van der Waals surface area contributed by atoms with Crippen LogP contribution in [0.4, 0.5) is 0 Å². The van der Waals surface area contributed by atoms with Crippen LogP contribution < -0.4 is 0 Å². The lowest BCUT2D eigenvalue weighted by Gasteiger charge is -1.87. The number of thiophene rings is 2. The van der Waals surface area contributed by atoms with Gasteiger partial charge in [0.2, 0.25) is 0 Å². The Morgan fingerprint density at radius 2 is 1.22 bits per heavy atom. The van der Waals surface area contributed by atoms with E-state index in [-0.39, 0.29) is 0 Å². The van der Waals surface area contributed by atoms with Gasteiger partial charge < -0.3 is 0 Å². The maximum absolute atomic E-state index is 4.68. The Morgan fingerprint density at radius 1 is 0.722 bits per heavy atom. The van der Waals surface area contributed by atoms with Crippen molar-refractivity contribution < 1.29 is 0 Å². The Labute approximate surface area is 119 Å². The molecule has 0 amide bonds. The third kappa shape index (κ3) is 1.73. The Hall–Kier alpha value is -1.08. The van der Waals surface area contributed by atoms with Gasteiger partial charge in [-0.2, -0.15) is 0 Å². The third-order valence-electron chi connectivity index (χ3n) is 2.44. The van der Waals surface area contributed by atoms with Gasteiger partial charge in [-0.3, -0.25) is 0 Å². The van der Waals surface area contributed by atoms with Crippen LogP contribution in [-0.2, 0) is 0 Å². The fourth-order valence-electron chi connectivity index (χ4n) is 1.65. The molecule has 0 saturated carbocycles. The molecule has 0 spiro atoms. The Morgan fingerprint density at radius 3 is 1.61 bits per heavy atom. The van der Waals surface area contributed by atoms with Crippen LogP contribution in [0.3, 0.4) is 0 Å². The molecule has 0 fully saturated rings. The average molecular weight is 306 g/mol. The van der Waals surface area contributed by atoms with Crippen molar-refractivity contribution in [1.82, 2.24) is 9.97 Å². The van der Waals surface area contributed by atoms with Crippen molar-refractivity contribution in [2.24, 2.45) is 0 Å². The summed E-state index contributed by atoms with van der Waals surface area (Å²) < 4.78 is 0. The van der Waals surface area contributed by atoms with Crippen LogP contribution >= 0.6 is 45.3 Å². The van der Waals surface area contributed by atoms with Crippen LogP contribution in [0.2, 0.25) is 0 Å². The summed E-state index contributed by atoms with van der Waals surface area (Å²) >= 11 is 6.80. The van der Waals surface area contributed by atoms with Crippen molar-refractivity contribution in [3.63, 3.8) is 0 Å². The summed E-state index contributed by atoms with van der Waals surface area (Å²) in [6.45, 7) is 0. The maximum atomic E-state index is 4.68. The van der Waals surface area contributed by atoms with Crippen LogP contribution in [0.5, 0.6) is 0 Å². The Balaban J connectivity index is 1.82. The standard InChI is InChI=1S/C12H6N2S4/c1-3-7(15-5-1)9-13-11-12(17-9)14-10(18-11)8-4-2-6-16-8/h1-6H. The number of hydrogen-bond acceptors (Lipinski definition) is 6. The van der Waals surface area contributed by atoms with Crippen LogP contribution in [0.25, 0.3) is 29.4 Å². The molecular weight excluding hydrogens is 300 g/mol. The fraction of sp³-hybridized carbons (Fsp3) is 0. The van der Waals surface area contributed by atoms with Gasteiger partial charge in [-0.15, -0.1) is 22.7 Å². The Kier molecular flexibility index (Phi) is 2.54. The summed E-state index contributed by atoms with van der Waals surface area (Å²) in [5.41, 5.74) is 0. The normalized spacial score (nSPS) is 11.3. The molecule has 0 radical (unpaired) electrons. The van der Waals surface area contributed by atoms with E-state index in [1.807, 2.05) is 0 Å². The van der Waals surface area contributed by atoms with Gasteiger partial charge in [0, 0.05) is 0 Å². The quantitative estimate of drug-likeness (QED) is 0.508. The molecule has 0 aliphatic carbocycles. The number of hydrogen-bond donors (Lipinski definition) is 0. The van der Waals surface area contributed by atoms with E-state index in [1.54, 1.807) is 45.3 Å². The van der Waals surface area contributed by atoms with E-state index in [4.69, 9.17) is 0 Å². The molecule has 0 bridgehead atoms. The number of aromatic nitrogens is 2. The van der Waals surface area contributed by atoms with Crippen LogP contribution in [0.15, 0.2) is 35.0 Å². The molecule has 18 heavy (non-hydrogen) atoms. The highest BCUT2D eigenvalue weighted by Crippen LogP contribution is 2.38. The number of fused-ring (bicyclic) bond motifs is 1. The zero-order chi connectivity index (χ0) is 11.9. The van der Waals surface area contributed by atoms with Crippen molar-refractivity contribution in [3.8, 4) is 19.8 Å². The fourth-order valence-corrected chi connectivity index (χ4v) is 5.29. The number of nitrogens with zero attached hydrogens (tertiary/aromatic N) is 2. The number of thiazole rings is 2. The first-order valence-electron chi connectivity index (χ1n) is 5.25. The predicted octanol–water partition coefficient (Wildman–Crippen LogP) is 5.21. The summed E-state index contributed by atoms with van der Waals surface area (Å²) in [5.74, 6) is 0. The molecule has 0 N–H and O–H groups in total. The van der Waals surface area contributed by atoms with E-state index in [9.17, 15) is 0 Å². The lowest BCUT2D eigenvalue weighted by Crippen LogP contribution is -1.67. The van der Waals surface area contributed by atoms with E-state index in [0.29, 0.717) is 0 Å².